The quantitative estimate of drug-likeness (QED) is 0.171. The Balaban J connectivity index is 0.999. The van der Waals surface area contributed by atoms with Gasteiger partial charge in [0.25, 0.3) is 0 Å². The van der Waals surface area contributed by atoms with Crippen molar-refractivity contribution in [1.29, 1.82) is 0 Å². The number of hydrogen-bond donors (Lipinski definition) is 0. The highest BCUT2D eigenvalue weighted by Gasteiger charge is 2.18. The zero-order chi connectivity index (χ0) is 40.4. The predicted molar refractivity (Wildman–Crippen MR) is 236 cm³/mol. The monoisotopic (exact) mass is 721 g/mol. The highest BCUT2D eigenvalue weighted by molar-refractivity contribution is 7.26. The van der Waals surface area contributed by atoms with Crippen LogP contribution in [0.3, 0.4) is 0 Å². The van der Waals surface area contributed by atoms with Crippen LogP contribution in [0.4, 0.5) is 0 Å². The van der Waals surface area contributed by atoms with Crippen LogP contribution in [0.2, 0.25) is 0 Å². The summed E-state index contributed by atoms with van der Waals surface area (Å²) in [6, 6.07) is 56.9. The van der Waals surface area contributed by atoms with Gasteiger partial charge < -0.3 is 9.13 Å². The molecule has 3 heteroatoms. The lowest BCUT2D eigenvalue weighted by molar-refractivity contribution is 1.19. The van der Waals surface area contributed by atoms with Crippen molar-refractivity contribution in [1.82, 2.24) is 9.13 Å². The second-order valence-electron chi connectivity index (χ2n) is 14.2. The SMILES string of the molecule is [2H]c1c([2H])c([2H])c(-c2cccc3sc4cc(-n5c6ccccc6c6cc(-c7ccc8c(c7)c7ccccc7n8-c7ccc8ccccc8c7)ccc65)ccc4c23)c([2H])c1[2H]. The molecular formula is C52H32N2S. The maximum Gasteiger partial charge on any atom is 0.0629 e. The molecule has 3 heterocycles. The first-order valence-corrected chi connectivity index (χ1v) is 19.2. The Hall–Kier alpha value is -6.94. The highest BCUT2D eigenvalue weighted by Crippen LogP contribution is 2.43. The first kappa shape index (κ1) is 25.9. The average Bonchev–Trinajstić information content (AvgIpc) is 3.94. The summed E-state index contributed by atoms with van der Waals surface area (Å²) in [6.07, 6.45) is 0. The number of fused-ring (bicyclic) bond motifs is 10. The normalized spacial score (nSPS) is 13.3. The third-order valence-electron chi connectivity index (χ3n) is 11.2. The molecule has 0 spiro atoms. The van der Waals surface area contributed by atoms with Gasteiger partial charge in [0.2, 0.25) is 0 Å². The zero-order valence-corrected chi connectivity index (χ0v) is 30.2. The zero-order valence-electron chi connectivity index (χ0n) is 34.4. The van der Waals surface area contributed by atoms with Gasteiger partial charge in [0.15, 0.2) is 0 Å². The van der Waals surface area contributed by atoms with E-state index in [9.17, 15) is 0 Å². The van der Waals surface area contributed by atoms with Gasteiger partial charge in [-0.15, -0.1) is 11.3 Å². The Morgan fingerprint density at radius 1 is 0.382 bits per heavy atom. The molecule has 2 nitrogen and oxygen atoms in total. The first-order chi connectivity index (χ1) is 29.3. The molecule has 256 valence electrons. The van der Waals surface area contributed by atoms with Crippen molar-refractivity contribution in [3.8, 4) is 33.6 Å². The highest BCUT2D eigenvalue weighted by atomic mass is 32.1. The smallest absolute Gasteiger partial charge is 0.0629 e. The van der Waals surface area contributed by atoms with E-state index >= 15 is 0 Å². The van der Waals surface area contributed by atoms with Gasteiger partial charge in [-0.1, -0.05) is 127 Å². The van der Waals surface area contributed by atoms with E-state index in [0.717, 1.165) is 53.7 Å². The molecular weight excluding hydrogens is 685 g/mol. The Morgan fingerprint density at radius 2 is 0.982 bits per heavy atom. The summed E-state index contributed by atoms with van der Waals surface area (Å²) in [5.41, 5.74) is 9.91. The summed E-state index contributed by atoms with van der Waals surface area (Å²) in [5, 5.41) is 9.10. The number of rotatable bonds is 4. The Morgan fingerprint density at radius 3 is 1.69 bits per heavy atom. The maximum atomic E-state index is 8.71. The molecule has 0 aliphatic heterocycles. The van der Waals surface area contributed by atoms with Gasteiger partial charge >= 0.3 is 0 Å². The van der Waals surface area contributed by atoms with Crippen molar-refractivity contribution < 1.29 is 6.85 Å². The molecule has 0 amide bonds. The topological polar surface area (TPSA) is 9.86 Å². The van der Waals surface area contributed by atoms with E-state index in [1.165, 1.54) is 43.4 Å². The molecule has 0 aliphatic carbocycles. The number of benzene rings is 9. The molecule has 12 aromatic rings. The molecule has 0 bridgehead atoms. The van der Waals surface area contributed by atoms with Crippen molar-refractivity contribution in [2.24, 2.45) is 0 Å². The van der Waals surface area contributed by atoms with Gasteiger partial charge in [0.05, 0.1) is 28.9 Å². The van der Waals surface area contributed by atoms with E-state index < -0.39 is 0 Å². The lowest BCUT2D eigenvalue weighted by atomic mass is 9.99. The van der Waals surface area contributed by atoms with Crippen LogP contribution in [-0.4, -0.2) is 9.13 Å². The first-order valence-electron chi connectivity index (χ1n) is 20.9. The molecule has 0 aliphatic rings. The van der Waals surface area contributed by atoms with Crippen molar-refractivity contribution >= 4 is 85.9 Å². The van der Waals surface area contributed by atoms with E-state index in [4.69, 9.17) is 6.85 Å². The third-order valence-corrected chi connectivity index (χ3v) is 12.3. The maximum absolute atomic E-state index is 8.71. The molecule has 0 saturated heterocycles. The molecule has 3 aromatic heterocycles. The number of hydrogen-bond acceptors (Lipinski definition) is 1. The fourth-order valence-electron chi connectivity index (χ4n) is 8.72. The van der Waals surface area contributed by atoms with Crippen LogP contribution in [-0.2, 0) is 0 Å². The Kier molecular flexibility index (Phi) is 5.56. The standard InChI is InChI=1S/C52H32N2S/c1-2-12-34(13-3-1)40-17-10-20-50-52(40)43-26-25-39(32-51(43)55-50)54-47-19-9-7-16-42(47)45-31-37(23-28-49(45)54)36-22-27-48-44(30-36)41-15-6-8-18-46(41)53(48)38-24-21-33-11-4-5-14-35(33)29-38/h1-32H/i1D,2D,3D,12D,13D. The number of aromatic nitrogens is 2. The largest absolute Gasteiger partial charge is 0.309 e. The molecule has 12 rings (SSSR count). The molecule has 0 atom stereocenters. The Labute approximate surface area is 328 Å². The second-order valence-corrected chi connectivity index (χ2v) is 15.2. The summed E-state index contributed by atoms with van der Waals surface area (Å²) in [5.74, 6) is 0. The summed E-state index contributed by atoms with van der Waals surface area (Å²) in [4.78, 5) is 0. The minimum atomic E-state index is -0.388. The predicted octanol–water partition coefficient (Wildman–Crippen LogP) is 14.7. The van der Waals surface area contributed by atoms with Gasteiger partial charge in [-0.25, -0.2) is 0 Å². The number of para-hydroxylation sites is 2. The lowest BCUT2D eigenvalue weighted by Gasteiger charge is -2.10. The molecule has 0 N–H and O–H groups in total. The molecule has 0 saturated carbocycles. The van der Waals surface area contributed by atoms with Gasteiger partial charge in [-0.05, 0) is 99.8 Å². The van der Waals surface area contributed by atoms with Crippen molar-refractivity contribution in [2.45, 2.75) is 0 Å². The van der Waals surface area contributed by atoms with Crippen molar-refractivity contribution in [3.05, 3.63) is 194 Å². The summed E-state index contributed by atoms with van der Waals surface area (Å²) in [7, 11) is 0. The van der Waals surface area contributed by atoms with E-state index in [1.54, 1.807) is 11.3 Å². The van der Waals surface area contributed by atoms with Gasteiger partial charge in [-0.2, -0.15) is 0 Å². The Bertz CT molecular complexity index is 3770. The molecule has 9 aromatic carbocycles. The summed E-state index contributed by atoms with van der Waals surface area (Å²) < 4.78 is 49.0. The van der Waals surface area contributed by atoms with Gasteiger partial charge in [-0.3, -0.25) is 0 Å². The number of thiophene rings is 1. The summed E-state index contributed by atoms with van der Waals surface area (Å²) in [6.45, 7) is 0. The van der Waals surface area contributed by atoms with E-state index in [0.29, 0.717) is 5.56 Å². The van der Waals surface area contributed by atoms with E-state index in [-0.39, 0.29) is 35.8 Å². The van der Waals surface area contributed by atoms with Crippen LogP contribution in [0.15, 0.2) is 194 Å². The number of nitrogens with zero attached hydrogens (tertiary/aromatic N) is 2. The van der Waals surface area contributed by atoms with Crippen molar-refractivity contribution in [3.63, 3.8) is 0 Å². The van der Waals surface area contributed by atoms with Crippen LogP contribution in [0.25, 0.3) is 108 Å². The molecule has 0 radical (unpaired) electrons. The van der Waals surface area contributed by atoms with Gasteiger partial charge in [0, 0.05) is 53.1 Å². The fourth-order valence-corrected chi connectivity index (χ4v) is 9.89. The minimum absolute atomic E-state index is 0.193. The summed E-state index contributed by atoms with van der Waals surface area (Å²) >= 11 is 1.65. The van der Waals surface area contributed by atoms with Crippen molar-refractivity contribution in [2.75, 3.05) is 0 Å². The van der Waals surface area contributed by atoms with Crippen LogP contribution in [0.5, 0.6) is 0 Å². The average molecular weight is 722 g/mol. The van der Waals surface area contributed by atoms with Crippen LogP contribution < -0.4 is 0 Å². The second kappa shape index (κ2) is 11.8. The van der Waals surface area contributed by atoms with Gasteiger partial charge in [0.1, 0.15) is 0 Å². The van der Waals surface area contributed by atoms with Crippen LogP contribution in [0, 0.1) is 0 Å². The van der Waals surface area contributed by atoms with E-state index in [2.05, 4.69) is 155 Å². The fraction of sp³-hybridized carbons (Fsp3) is 0. The van der Waals surface area contributed by atoms with Crippen LogP contribution in [0.1, 0.15) is 6.85 Å². The molecule has 55 heavy (non-hydrogen) atoms. The van der Waals surface area contributed by atoms with Crippen LogP contribution >= 0.6 is 11.3 Å². The third kappa shape index (κ3) is 4.60. The minimum Gasteiger partial charge on any atom is -0.309 e. The molecule has 0 fully saturated rings. The lowest BCUT2D eigenvalue weighted by Crippen LogP contribution is -1.94. The molecule has 0 unspecified atom stereocenters. The van der Waals surface area contributed by atoms with E-state index in [1.807, 2.05) is 18.2 Å².